The summed E-state index contributed by atoms with van der Waals surface area (Å²) < 4.78 is 1.54. The summed E-state index contributed by atoms with van der Waals surface area (Å²) in [5, 5.41) is 15.1. The van der Waals surface area contributed by atoms with Crippen LogP contribution in [0.5, 0.6) is 0 Å². The van der Waals surface area contributed by atoms with Crippen LogP contribution in [0.25, 0.3) is 16.6 Å². The summed E-state index contributed by atoms with van der Waals surface area (Å²) in [5.41, 5.74) is 4.03. The minimum absolute atomic E-state index is 0.182. The number of hydrogen-bond acceptors (Lipinski definition) is 4. The van der Waals surface area contributed by atoms with Gasteiger partial charge in [0, 0.05) is 22.7 Å². The van der Waals surface area contributed by atoms with Gasteiger partial charge in [-0.25, -0.2) is 4.68 Å². The topological polar surface area (TPSA) is 88.5 Å². The van der Waals surface area contributed by atoms with Crippen molar-refractivity contribution in [1.29, 1.82) is 0 Å². The van der Waals surface area contributed by atoms with Crippen molar-refractivity contribution in [3.05, 3.63) is 66.1 Å². The molecule has 0 aliphatic heterocycles. The molecule has 0 fully saturated rings. The molecule has 0 saturated carbocycles. The first-order valence-electron chi connectivity index (χ1n) is 7.44. The zero-order valence-corrected chi connectivity index (χ0v) is 12.9. The van der Waals surface area contributed by atoms with Gasteiger partial charge in [-0.3, -0.25) is 4.79 Å². The van der Waals surface area contributed by atoms with E-state index in [-0.39, 0.29) is 5.91 Å². The average molecular weight is 318 g/mol. The molecule has 0 unspecified atom stereocenters. The lowest BCUT2D eigenvalue weighted by Crippen LogP contribution is -2.13. The number of aromatic amines is 1. The fourth-order valence-corrected chi connectivity index (χ4v) is 2.66. The number of fused-ring (bicyclic) bond motifs is 1. The summed E-state index contributed by atoms with van der Waals surface area (Å²) in [5.74, 6) is -0.182. The van der Waals surface area contributed by atoms with Crippen LogP contribution < -0.4 is 5.32 Å². The lowest BCUT2D eigenvalue weighted by molar-refractivity contribution is 0.102. The maximum absolute atomic E-state index is 12.6. The van der Waals surface area contributed by atoms with Crippen LogP contribution >= 0.6 is 0 Å². The molecule has 0 aliphatic carbocycles. The average Bonchev–Trinajstić information content (AvgIpc) is 3.27. The highest BCUT2D eigenvalue weighted by molar-refractivity contribution is 6.09. The van der Waals surface area contributed by atoms with E-state index in [1.807, 2.05) is 43.5 Å². The number of tetrazole rings is 1. The lowest BCUT2D eigenvalue weighted by Gasteiger charge is -2.09. The third-order valence-electron chi connectivity index (χ3n) is 3.91. The fraction of sp³-hybridized carbons (Fsp3) is 0.0588. The molecule has 0 spiro atoms. The molecule has 7 nitrogen and oxygen atoms in total. The van der Waals surface area contributed by atoms with E-state index in [4.69, 9.17) is 0 Å². The molecule has 2 heterocycles. The van der Waals surface area contributed by atoms with E-state index >= 15 is 0 Å². The Bertz CT molecular complexity index is 1020. The maximum atomic E-state index is 12.6. The number of amides is 1. The van der Waals surface area contributed by atoms with E-state index in [1.165, 1.54) is 6.33 Å². The number of anilines is 1. The number of aryl methyl sites for hydroxylation is 1. The van der Waals surface area contributed by atoms with Crippen molar-refractivity contribution < 1.29 is 4.79 Å². The highest BCUT2D eigenvalue weighted by Crippen LogP contribution is 2.23. The summed E-state index contributed by atoms with van der Waals surface area (Å²) in [6.07, 6.45) is 3.35. The molecule has 7 heteroatoms. The third kappa shape index (κ3) is 2.41. The standard InChI is InChI=1S/C17H14N6O/c1-11-5-6-12(9-16(11)23-10-19-21-22-23)17(24)20-15-4-2-3-14-13(15)7-8-18-14/h2-10,18H,1H3,(H,20,24). The summed E-state index contributed by atoms with van der Waals surface area (Å²) in [4.78, 5) is 15.8. The number of rotatable bonds is 3. The van der Waals surface area contributed by atoms with Crippen molar-refractivity contribution in [3.63, 3.8) is 0 Å². The van der Waals surface area contributed by atoms with Crippen molar-refractivity contribution >= 4 is 22.5 Å². The van der Waals surface area contributed by atoms with E-state index in [1.54, 1.807) is 16.8 Å². The number of aromatic nitrogens is 5. The van der Waals surface area contributed by atoms with E-state index < -0.39 is 0 Å². The zero-order chi connectivity index (χ0) is 16.5. The van der Waals surface area contributed by atoms with Crippen LogP contribution in [0.1, 0.15) is 15.9 Å². The maximum Gasteiger partial charge on any atom is 0.255 e. The number of hydrogen-bond donors (Lipinski definition) is 2. The Hall–Kier alpha value is -3.48. The van der Waals surface area contributed by atoms with Gasteiger partial charge in [-0.05, 0) is 53.2 Å². The Kier molecular flexibility index (Phi) is 3.31. The smallest absolute Gasteiger partial charge is 0.255 e. The van der Waals surface area contributed by atoms with Crippen LogP contribution in [0, 0.1) is 6.92 Å². The number of H-pyrrole nitrogens is 1. The van der Waals surface area contributed by atoms with Gasteiger partial charge in [0.15, 0.2) is 0 Å². The first kappa shape index (κ1) is 14.1. The van der Waals surface area contributed by atoms with E-state index in [2.05, 4.69) is 25.8 Å². The molecule has 24 heavy (non-hydrogen) atoms. The molecular formula is C17H14N6O. The minimum Gasteiger partial charge on any atom is -0.361 e. The quantitative estimate of drug-likeness (QED) is 0.608. The highest BCUT2D eigenvalue weighted by Gasteiger charge is 2.12. The van der Waals surface area contributed by atoms with Gasteiger partial charge in [0.25, 0.3) is 5.91 Å². The van der Waals surface area contributed by atoms with E-state index in [9.17, 15) is 4.79 Å². The van der Waals surface area contributed by atoms with Crippen LogP contribution in [-0.4, -0.2) is 31.1 Å². The van der Waals surface area contributed by atoms with Crippen molar-refractivity contribution in [2.75, 3.05) is 5.32 Å². The number of carbonyl (C=O) groups is 1. The van der Waals surface area contributed by atoms with Gasteiger partial charge >= 0.3 is 0 Å². The molecule has 0 atom stereocenters. The summed E-state index contributed by atoms with van der Waals surface area (Å²) in [6, 6.07) is 13.1. The van der Waals surface area contributed by atoms with Gasteiger partial charge in [0.2, 0.25) is 0 Å². The van der Waals surface area contributed by atoms with Crippen LogP contribution in [0.4, 0.5) is 5.69 Å². The monoisotopic (exact) mass is 318 g/mol. The number of benzene rings is 2. The van der Waals surface area contributed by atoms with E-state index in [0.717, 1.165) is 27.8 Å². The summed E-state index contributed by atoms with van der Waals surface area (Å²) >= 11 is 0. The van der Waals surface area contributed by atoms with E-state index in [0.29, 0.717) is 5.56 Å². The Morgan fingerprint density at radius 1 is 1.21 bits per heavy atom. The Balaban J connectivity index is 1.68. The summed E-state index contributed by atoms with van der Waals surface area (Å²) in [6.45, 7) is 1.94. The van der Waals surface area contributed by atoms with Crippen LogP contribution in [-0.2, 0) is 0 Å². The second-order valence-corrected chi connectivity index (χ2v) is 5.45. The van der Waals surface area contributed by atoms with Gasteiger partial charge in [-0.1, -0.05) is 12.1 Å². The molecule has 4 aromatic rings. The number of nitrogens with one attached hydrogen (secondary N) is 2. The highest BCUT2D eigenvalue weighted by atomic mass is 16.1. The normalized spacial score (nSPS) is 10.9. The predicted octanol–water partition coefficient (Wildman–Crippen LogP) is 2.70. The zero-order valence-electron chi connectivity index (χ0n) is 12.9. The molecule has 4 rings (SSSR count). The van der Waals surface area contributed by atoms with Gasteiger partial charge < -0.3 is 10.3 Å². The first-order valence-corrected chi connectivity index (χ1v) is 7.44. The predicted molar refractivity (Wildman–Crippen MR) is 90.1 cm³/mol. The molecule has 2 aromatic carbocycles. The molecule has 0 bridgehead atoms. The molecule has 2 aromatic heterocycles. The third-order valence-corrected chi connectivity index (χ3v) is 3.91. The second-order valence-electron chi connectivity index (χ2n) is 5.45. The Morgan fingerprint density at radius 2 is 2.12 bits per heavy atom. The van der Waals surface area contributed by atoms with Gasteiger partial charge in [-0.15, -0.1) is 5.10 Å². The van der Waals surface area contributed by atoms with Crippen molar-refractivity contribution in [2.45, 2.75) is 6.92 Å². The van der Waals surface area contributed by atoms with Gasteiger partial charge in [0.05, 0.1) is 11.4 Å². The van der Waals surface area contributed by atoms with Crippen LogP contribution in [0.2, 0.25) is 0 Å². The van der Waals surface area contributed by atoms with Crippen LogP contribution in [0.15, 0.2) is 55.0 Å². The molecule has 2 N–H and O–H groups in total. The summed E-state index contributed by atoms with van der Waals surface area (Å²) in [7, 11) is 0. The molecule has 1 amide bonds. The SMILES string of the molecule is Cc1ccc(C(=O)Nc2cccc3[nH]ccc23)cc1-n1cnnn1. The van der Waals surface area contributed by atoms with Crippen LogP contribution in [0.3, 0.4) is 0 Å². The van der Waals surface area contributed by atoms with Gasteiger partial charge in [-0.2, -0.15) is 0 Å². The molecule has 0 saturated heterocycles. The largest absolute Gasteiger partial charge is 0.361 e. The lowest BCUT2D eigenvalue weighted by atomic mass is 10.1. The Labute approximate surface area is 137 Å². The Morgan fingerprint density at radius 3 is 2.96 bits per heavy atom. The molecule has 0 aliphatic rings. The minimum atomic E-state index is -0.182. The van der Waals surface area contributed by atoms with Crippen molar-refractivity contribution in [1.82, 2.24) is 25.2 Å². The van der Waals surface area contributed by atoms with Crippen molar-refractivity contribution in [2.24, 2.45) is 0 Å². The number of carbonyl (C=O) groups excluding carboxylic acids is 1. The molecule has 0 radical (unpaired) electrons. The molecular weight excluding hydrogens is 304 g/mol. The first-order chi connectivity index (χ1) is 11.7. The van der Waals surface area contributed by atoms with Crippen molar-refractivity contribution in [3.8, 4) is 5.69 Å². The number of nitrogens with zero attached hydrogens (tertiary/aromatic N) is 4. The molecule has 118 valence electrons. The fourth-order valence-electron chi connectivity index (χ4n) is 2.66. The van der Waals surface area contributed by atoms with Gasteiger partial charge in [0.1, 0.15) is 6.33 Å². The second kappa shape index (κ2) is 5.62.